The van der Waals surface area contributed by atoms with Crippen LogP contribution in [0, 0.1) is 17.8 Å². The van der Waals surface area contributed by atoms with Crippen LogP contribution in [-0.4, -0.2) is 47.8 Å². The Hall–Kier alpha value is -2.37. The van der Waals surface area contributed by atoms with Gasteiger partial charge in [-0.3, -0.25) is 14.4 Å². The quantitative estimate of drug-likeness (QED) is 0.737. The molecule has 6 nitrogen and oxygen atoms in total. The molecule has 1 aromatic carbocycles. The molecule has 29 heavy (non-hydrogen) atoms. The molecule has 0 radical (unpaired) electrons. The van der Waals surface area contributed by atoms with Crippen molar-refractivity contribution in [3.63, 3.8) is 0 Å². The second-order valence-electron chi connectivity index (χ2n) is 8.68. The zero-order valence-electron chi connectivity index (χ0n) is 18.3. The molecular formula is C23H35N3O3. The minimum Gasteiger partial charge on any atom is -0.352 e. The average molecular weight is 402 g/mol. The van der Waals surface area contributed by atoms with Crippen molar-refractivity contribution in [3.8, 4) is 0 Å². The Morgan fingerprint density at radius 3 is 2.03 bits per heavy atom. The first-order chi connectivity index (χ1) is 13.7. The number of nitrogens with one attached hydrogen (secondary N) is 2. The van der Waals surface area contributed by atoms with Crippen LogP contribution in [0.15, 0.2) is 30.3 Å². The van der Waals surface area contributed by atoms with Crippen molar-refractivity contribution in [2.24, 2.45) is 17.8 Å². The van der Waals surface area contributed by atoms with Crippen LogP contribution in [0.3, 0.4) is 0 Å². The molecule has 160 valence electrons. The third kappa shape index (κ3) is 6.31. The molecule has 1 aliphatic heterocycles. The molecule has 0 aliphatic carbocycles. The van der Waals surface area contributed by atoms with Crippen molar-refractivity contribution in [3.05, 3.63) is 35.9 Å². The second-order valence-corrected chi connectivity index (χ2v) is 8.68. The lowest BCUT2D eigenvalue weighted by Crippen LogP contribution is -2.55. The van der Waals surface area contributed by atoms with Crippen LogP contribution in [0.2, 0.25) is 0 Å². The van der Waals surface area contributed by atoms with Crippen molar-refractivity contribution in [1.29, 1.82) is 0 Å². The number of piperidine rings is 1. The third-order valence-electron chi connectivity index (χ3n) is 5.79. The number of likely N-dealkylation sites (tertiary alicyclic amines) is 1. The Labute approximate surface area is 174 Å². The standard InChI is InChI=1S/C23H35N3O3/c1-15(2)17(5)24-22(28)20(25-21(27)19-9-7-6-8-10-19)18-11-13-26(14-12-18)23(29)16(3)4/h6-10,15-18,20H,11-14H2,1-5H3,(H,24,28)(H,25,27)/t17-,20-/m0/s1. The summed E-state index contributed by atoms with van der Waals surface area (Å²) in [6, 6.07) is 8.35. The van der Waals surface area contributed by atoms with Crippen LogP contribution in [0.4, 0.5) is 0 Å². The summed E-state index contributed by atoms with van der Waals surface area (Å²) in [5.41, 5.74) is 0.537. The molecule has 1 saturated heterocycles. The van der Waals surface area contributed by atoms with Gasteiger partial charge in [0.25, 0.3) is 5.91 Å². The van der Waals surface area contributed by atoms with Gasteiger partial charge in [0, 0.05) is 30.6 Å². The number of carbonyl (C=O) groups is 3. The first kappa shape index (κ1) is 22.9. The lowest BCUT2D eigenvalue weighted by molar-refractivity contribution is -0.136. The normalized spacial score (nSPS) is 17.1. The number of hydrogen-bond acceptors (Lipinski definition) is 3. The van der Waals surface area contributed by atoms with E-state index in [9.17, 15) is 14.4 Å². The zero-order valence-corrected chi connectivity index (χ0v) is 18.3. The predicted molar refractivity (Wildman–Crippen MR) is 114 cm³/mol. The highest BCUT2D eigenvalue weighted by Crippen LogP contribution is 2.23. The van der Waals surface area contributed by atoms with Crippen LogP contribution < -0.4 is 10.6 Å². The predicted octanol–water partition coefficient (Wildman–Crippen LogP) is 2.84. The van der Waals surface area contributed by atoms with Crippen LogP contribution in [0.1, 0.15) is 57.8 Å². The smallest absolute Gasteiger partial charge is 0.251 e. The first-order valence-corrected chi connectivity index (χ1v) is 10.7. The van der Waals surface area contributed by atoms with Gasteiger partial charge in [0.05, 0.1) is 0 Å². The number of nitrogens with zero attached hydrogens (tertiary/aromatic N) is 1. The summed E-state index contributed by atoms with van der Waals surface area (Å²) in [7, 11) is 0. The largest absolute Gasteiger partial charge is 0.352 e. The molecule has 1 aliphatic rings. The molecule has 0 spiro atoms. The van der Waals surface area contributed by atoms with E-state index in [0.717, 1.165) is 0 Å². The summed E-state index contributed by atoms with van der Waals surface area (Å²) in [6.45, 7) is 11.1. The highest BCUT2D eigenvalue weighted by molar-refractivity contribution is 5.97. The Morgan fingerprint density at radius 1 is 0.931 bits per heavy atom. The molecule has 1 aromatic rings. The molecule has 0 aromatic heterocycles. The van der Waals surface area contributed by atoms with Crippen LogP contribution in [0.5, 0.6) is 0 Å². The SMILES string of the molecule is CC(C)C(=O)N1CCC([C@H](NC(=O)c2ccccc2)C(=O)N[C@@H](C)C(C)C)CC1. The summed E-state index contributed by atoms with van der Waals surface area (Å²) in [5.74, 6) is 0.0162. The fourth-order valence-electron chi connectivity index (χ4n) is 3.51. The van der Waals surface area contributed by atoms with E-state index in [-0.39, 0.29) is 35.6 Å². The van der Waals surface area contributed by atoms with Gasteiger partial charge in [-0.25, -0.2) is 0 Å². The molecule has 3 amide bonds. The molecule has 2 N–H and O–H groups in total. The Bertz CT molecular complexity index is 695. The Morgan fingerprint density at radius 2 is 1.52 bits per heavy atom. The van der Waals surface area contributed by atoms with Gasteiger partial charge < -0.3 is 15.5 Å². The van der Waals surface area contributed by atoms with E-state index >= 15 is 0 Å². The van der Waals surface area contributed by atoms with Crippen LogP contribution in [-0.2, 0) is 9.59 Å². The van der Waals surface area contributed by atoms with Gasteiger partial charge in [-0.2, -0.15) is 0 Å². The Kier molecular flexibility index (Phi) is 8.23. The first-order valence-electron chi connectivity index (χ1n) is 10.7. The van der Waals surface area contributed by atoms with Crippen molar-refractivity contribution in [2.45, 2.75) is 59.5 Å². The summed E-state index contributed by atoms with van der Waals surface area (Å²) in [6.07, 6.45) is 1.39. The zero-order chi connectivity index (χ0) is 21.6. The van der Waals surface area contributed by atoms with Crippen LogP contribution in [0.25, 0.3) is 0 Å². The number of hydrogen-bond donors (Lipinski definition) is 2. The topological polar surface area (TPSA) is 78.5 Å². The maximum Gasteiger partial charge on any atom is 0.251 e. The van der Waals surface area contributed by atoms with E-state index in [1.165, 1.54) is 0 Å². The lowest BCUT2D eigenvalue weighted by atomic mass is 9.87. The molecule has 1 heterocycles. The fraction of sp³-hybridized carbons (Fsp3) is 0.609. The van der Waals surface area contributed by atoms with Crippen molar-refractivity contribution >= 4 is 17.7 Å². The van der Waals surface area contributed by atoms with E-state index in [4.69, 9.17) is 0 Å². The summed E-state index contributed by atoms with van der Waals surface area (Å²) in [4.78, 5) is 39.9. The average Bonchev–Trinajstić information content (AvgIpc) is 2.71. The van der Waals surface area contributed by atoms with Gasteiger partial charge in [-0.15, -0.1) is 0 Å². The number of rotatable bonds is 7. The van der Waals surface area contributed by atoms with E-state index in [2.05, 4.69) is 24.5 Å². The van der Waals surface area contributed by atoms with Gasteiger partial charge in [0.1, 0.15) is 6.04 Å². The summed E-state index contributed by atoms with van der Waals surface area (Å²) < 4.78 is 0. The molecule has 0 bridgehead atoms. The highest BCUT2D eigenvalue weighted by atomic mass is 16.2. The van der Waals surface area contributed by atoms with Gasteiger partial charge >= 0.3 is 0 Å². The highest BCUT2D eigenvalue weighted by Gasteiger charge is 2.35. The molecule has 0 saturated carbocycles. The number of amides is 3. The van der Waals surface area contributed by atoms with E-state index in [0.29, 0.717) is 37.4 Å². The molecule has 6 heteroatoms. The molecule has 2 rings (SSSR count). The second kappa shape index (κ2) is 10.4. The minimum absolute atomic E-state index is 0.00163. The summed E-state index contributed by atoms with van der Waals surface area (Å²) >= 11 is 0. The number of carbonyl (C=O) groups excluding carboxylic acids is 3. The summed E-state index contributed by atoms with van der Waals surface area (Å²) in [5, 5.41) is 6.01. The van der Waals surface area contributed by atoms with E-state index < -0.39 is 6.04 Å². The van der Waals surface area contributed by atoms with Crippen molar-refractivity contribution < 1.29 is 14.4 Å². The van der Waals surface area contributed by atoms with E-state index in [1.54, 1.807) is 24.3 Å². The third-order valence-corrected chi connectivity index (χ3v) is 5.79. The van der Waals surface area contributed by atoms with E-state index in [1.807, 2.05) is 31.7 Å². The number of benzene rings is 1. The Balaban J connectivity index is 2.11. The fourth-order valence-corrected chi connectivity index (χ4v) is 3.51. The van der Waals surface area contributed by atoms with Gasteiger partial charge in [-0.05, 0) is 43.7 Å². The molecule has 0 unspecified atom stereocenters. The molecule has 2 atom stereocenters. The monoisotopic (exact) mass is 401 g/mol. The van der Waals surface area contributed by atoms with Gasteiger partial charge in [0.15, 0.2) is 0 Å². The minimum atomic E-state index is -0.611. The van der Waals surface area contributed by atoms with Crippen molar-refractivity contribution in [1.82, 2.24) is 15.5 Å². The maximum absolute atomic E-state index is 13.0. The lowest BCUT2D eigenvalue weighted by Gasteiger charge is -2.37. The molecule has 1 fully saturated rings. The molecular weight excluding hydrogens is 366 g/mol. The van der Waals surface area contributed by atoms with Crippen LogP contribution >= 0.6 is 0 Å². The maximum atomic E-state index is 13.0. The van der Waals surface area contributed by atoms with Gasteiger partial charge in [-0.1, -0.05) is 45.9 Å². The van der Waals surface area contributed by atoms with Gasteiger partial charge in [0.2, 0.25) is 11.8 Å². The van der Waals surface area contributed by atoms with Crippen molar-refractivity contribution in [2.75, 3.05) is 13.1 Å².